The van der Waals surface area contributed by atoms with Gasteiger partial charge in [-0.25, -0.2) is 0 Å². The van der Waals surface area contributed by atoms with E-state index in [2.05, 4.69) is 10.4 Å². The maximum absolute atomic E-state index is 12.5. The SMILES string of the molecule is COc1cccc(CNC(=O)C(C)Sc2ccc(=O)n(-c3ccc(C)cc3)n2)c1. The van der Waals surface area contributed by atoms with Crippen molar-refractivity contribution in [1.82, 2.24) is 15.1 Å². The summed E-state index contributed by atoms with van der Waals surface area (Å²) in [5.41, 5.74) is 2.54. The highest BCUT2D eigenvalue weighted by Crippen LogP contribution is 2.21. The molecule has 1 N–H and O–H groups in total. The summed E-state index contributed by atoms with van der Waals surface area (Å²) >= 11 is 1.31. The van der Waals surface area contributed by atoms with Gasteiger partial charge in [0.1, 0.15) is 10.8 Å². The van der Waals surface area contributed by atoms with Crippen molar-refractivity contribution in [3.05, 3.63) is 82.1 Å². The Morgan fingerprint density at radius 1 is 1.17 bits per heavy atom. The summed E-state index contributed by atoms with van der Waals surface area (Å²) in [4.78, 5) is 24.7. The molecule has 3 aromatic rings. The monoisotopic (exact) mass is 409 g/mol. The van der Waals surface area contributed by atoms with Crippen LogP contribution in [0.3, 0.4) is 0 Å². The van der Waals surface area contributed by atoms with Crippen LogP contribution in [0.25, 0.3) is 5.69 Å². The number of thioether (sulfide) groups is 1. The van der Waals surface area contributed by atoms with Crippen LogP contribution in [0.15, 0.2) is 70.5 Å². The van der Waals surface area contributed by atoms with Gasteiger partial charge in [0.05, 0.1) is 18.0 Å². The van der Waals surface area contributed by atoms with Crippen molar-refractivity contribution < 1.29 is 9.53 Å². The van der Waals surface area contributed by atoms with Crippen LogP contribution in [0.4, 0.5) is 0 Å². The van der Waals surface area contributed by atoms with Crippen molar-refractivity contribution >= 4 is 17.7 Å². The number of carbonyl (C=O) groups excluding carboxylic acids is 1. The van der Waals surface area contributed by atoms with Crippen LogP contribution in [0, 0.1) is 6.92 Å². The summed E-state index contributed by atoms with van der Waals surface area (Å²) < 4.78 is 6.55. The first-order valence-corrected chi connectivity index (χ1v) is 10.1. The largest absolute Gasteiger partial charge is 0.497 e. The van der Waals surface area contributed by atoms with Crippen molar-refractivity contribution in [3.8, 4) is 11.4 Å². The zero-order valence-corrected chi connectivity index (χ0v) is 17.4. The lowest BCUT2D eigenvalue weighted by Gasteiger charge is -2.13. The molecular weight excluding hydrogens is 386 g/mol. The number of aryl methyl sites for hydroxylation is 1. The van der Waals surface area contributed by atoms with Gasteiger partial charge in [0.15, 0.2) is 0 Å². The molecule has 6 nitrogen and oxygen atoms in total. The topological polar surface area (TPSA) is 73.2 Å². The molecule has 150 valence electrons. The van der Waals surface area contributed by atoms with Crippen LogP contribution in [-0.4, -0.2) is 28.0 Å². The van der Waals surface area contributed by atoms with E-state index in [4.69, 9.17) is 4.74 Å². The van der Waals surface area contributed by atoms with Crippen LogP contribution in [0.5, 0.6) is 5.75 Å². The predicted molar refractivity (Wildman–Crippen MR) is 115 cm³/mol. The highest BCUT2D eigenvalue weighted by molar-refractivity contribution is 8.00. The van der Waals surface area contributed by atoms with Crippen molar-refractivity contribution in [1.29, 1.82) is 0 Å². The third-order valence-corrected chi connectivity index (χ3v) is 5.35. The number of nitrogens with one attached hydrogen (secondary N) is 1. The number of carbonyl (C=O) groups is 1. The number of hydrogen-bond acceptors (Lipinski definition) is 5. The van der Waals surface area contributed by atoms with E-state index in [0.29, 0.717) is 17.3 Å². The second-order valence-corrected chi connectivity index (χ2v) is 7.95. The Balaban J connectivity index is 1.65. The molecule has 0 aliphatic heterocycles. The quantitative estimate of drug-likeness (QED) is 0.606. The smallest absolute Gasteiger partial charge is 0.271 e. The van der Waals surface area contributed by atoms with E-state index in [-0.39, 0.29) is 16.7 Å². The standard InChI is InChI=1S/C22H23N3O3S/c1-15-7-9-18(10-8-15)25-21(26)12-11-20(24-25)29-16(2)22(27)23-14-17-5-4-6-19(13-17)28-3/h4-13,16H,14H2,1-3H3,(H,23,27). The van der Waals surface area contributed by atoms with Gasteiger partial charge < -0.3 is 10.1 Å². The molecule has 1 amide bonds. The molecule has 0 aliphatic rings. The van der Waals surface area contributed by atoms with E-state index in [1.54, 1.807) is 13.2 Å². The number of ether oxygens (including phenoxy) is 1. The first kappa shape index (κ1) is 20.7. The molecule has 1 heterocycles. The van der Waals surface area contributed by atoms with Crippen LogP contribution in [0.1, 0.15) is 18.1 Å². The van der Waals surface area contributed by atoms with E-state index < -0.39 is 0 Å². The normalized spacial score (nSPS) is 11.7. The molecule has 0 fully saturated rings. The summed E-state index contributed by atoms with van der Waals surface area (Å²) in [6.45, 7) is 4.21. The summed E-state index contributed by atoms with van der Waals surface area (Å²) in [6.07, 6.45) is 0. The van der Waals surface area contributed by atoms with Crippen LogP contribution in [-0.2, 0) is 11.3 Å². The zero-order valence-electron chi connectivity index (χ0n) is 16.6. The number of rotatable bonds is 7. The molecule has 0 bridgehead atoms. The predicted octanol–water partition coefficient (Wildman–Crippen LogP) is 3.35. The average molecular weight is 410 g/mol. The van der Waals surface area contributed by atoms with Gasteiger partial charge in [-0.3, -0.25) is 9.59 Å². The molecule has 1 unspecified atom stereocenters. The van der Waals surface area contributed by atoms with Crippen molar-refractivity contribution in [2.24, 2.45) is 0 Å². The Kier molecular flexibility index (Phi) is 6.72. The van der Waals surface area contributed by atoms with E-state index >= 15 is 0 Å². The van der Waals surface area contributed by atoms with Gasteiger partial charge in [-0.05, 0) is 49.7 Å². The van der Waals surface area contributed by atoms with Gasteiger partial charge in [-0.2, -0.15) is 9.78 Å². The minimum absolute atomic E-state index is 0.104. The number of nitrogens with zero attached hydrogens (tertiary/aromatic N) is 2. The van der Waals surface area contributed by atoms with Crippen LogP contribution in [0.2, 0.25) is 0 Å². The molecule has 0 saturated carbocycles. The zero-order chi connectivity index (χ0) is 20.8. The molecule has 7 heteroatoms. The number of benzene rings is 2. The minimum Gasteiger partial charge on any atom is -0.497 e. The van der Waals surface area contributed by atoms with Gasteiger partial charge >= 0.3 is 0 Å². The van der Waals surface area contributed by atoms with E-state index in [1.807, 2.05) is 62.4 Å². The molecule has 0 spiro atoms. The Bertz CT molecular complexity index is 1050. The number of aromatic nitrogens is 2. The molecule has 0 radical (unpaired) electrons. The Morgan fingerprint density at radius 3 is 2.66 bits per heavy atom. The highest BCUT2D eigenvalue weighted by Gasteiger charge is 2.16. The lowest BCUT2D eigenvalue weighted by molar-refractivity contribution is -0.120. The molecule has 2 aromatic carbocycles. The molecule has 1 atom stereocenters. The first-order valence-electron chi connectivity index (χ1n) is 9.21. The average Bonchev–Trinajstić information content (AvgIpc) is 2.74. The number of hydrogen-bond donors (Lipinski definition) is 1. The molecule has 0 saturated heterocycles. The first-order chi connectivity index (χ1) is 14.0. The Hall–Kier alpha value is -3.06. The molecule has 29 heavy (non-hydrogen) atoms. The van der Waals surface area contributed by atoms with Gasteiger partial charge in [0.2, 0.25) is 5.91 Å². The van der Waals surface area contributed by atoms with E-state index in [0.717, 1.165) is 16.9 Å². The number of methoxy groups -OCH3 is 1. The van der Waals surface area contributed by atoms with Gasteiger partial charge in [0, 0.05) is 12.6 Å². The molecule has 3 rings (SSSR count). The number of amides is 1. The molecule has 1 aromatic heterocycles. The summed E-state index contributed by atoms with van der Waals surface area (Å²) in [5.74, 6) is 0.648. The minimum atomic E-state index is -0.364. The second-order valence-electron chi connectivity index (χ2n) is 6.59. The Morgan fingerprint density at radius 2 is 1.93 bits per heavy atom. The summed E-state index contributed by atoms with van der Waals surface area (Å²) in [6, 6.07) is 18.2. The third-order valence-electron chi connectivity index (χ3n) is 4.32. The van der Waals surface area contributed by atoms with Gasteiger partial charge in [-0.1, -0.05) is 41.6 Å². The van der Waals surface area contributed by atoms with Crippen molar-refractivity contribution in [2.75, 3.05) is 7.11 Å². The lowest BCUT2D eigenvalue weighted by atomic mass is 10.2. The van der Waals surface area contributed by atoms with E-state index in [1.165, 1.54) is 22.5 Å². The lowest BCUT2D eigenvalue weighted by Crippen LogP contribution is -2.30. The fourth-order valence-electron chi connectivity index (χ4n) is 2.68. The molecule has 0 aliphatic carbocycles. The highest BCUT2D eigenvalue weighted by atomic mass is 32.2. The maximum Gasteiger partial charge on any atom is 0.271 e. The van der Waals surface area contributed by atoms with Gasteiger partial charge in [-0.15, -0.1) is 0 Å². The maximum atomic E-state index is 12.5. The summed E-state index contributed by atoms with van der Waals surface area (Å²) in [5, 5.41) is 7.57. The fourth-order valence-corrected chi connectivity index (χ4v) is 3.51. The van der Waals surface area contributed by atoms with E-state index in [9.17, 15) is 9.59 Å². The van der Waals surface area contributed by atoms with Crippen LogP contribution >= 0.6 is 11.8 Å². The third kappa shape index (κ3) is 5.48. The van der Waals surface area contributed by atoms with Crippen LogP contribution < -0.4 is 15.6 Å². The van der Waals surface area contributed by atoms with Crippen molar-refractivity contribution in [3.63, 3.8) is 0 Å². The fraction of sp³-hybridized carbons (Fsp3) is 0.227. The van der Waals surface area contributed by atoms with Crippen molar-refractivity contribution in [2.45, 2.75) is 30.7 Å². The van der Waals surface area contributed by atoms with Gasteiger partial charge in [0.25, 0.3) is 5.56 Å². The molecular formula is C22H23N3O3S. The second kappa shape index (κ2) is 9.43. The summed E-state index contributed by atoms with van der Waals surface area (Å²) in [7, 11) is 1.61. The Labute approximate surface area is 173 Å².